The minimum atomic E-state index is -1.01. The molecule has 2 atom stereocenters. The van der Waals surface area contributed by atoms with Gasteiger partial charge in [0.2, 0.25) is 11.8 Å². The van der Waals surface area contributed by atoms with E-state index in [4.69, 9.17) is 11.6 Å². The van der Waals surface area contributed by atoms with Gasteiger partial charge in [0.25, 0.3) is 5.91 Å². The molecule has 2 aromatic rings. The van der Waals surface area contributed by atoms with Crippen LogP contribution in [0.15, 0.2) is 23.6 Å². The molecule has 2 aliphatic rings. The largest absolute Gasteiger partial charge is 0.361 e. The van der Waals surface area contributed by atoms with Crippen LogP contribution in [-0.4, -0.2) is 40.1 Å². The van der Waals surface area contributed by atoms with Gasteiger partial charge in [-0.25, -0.2) is 0 Å². The minimum absolute atomic E-state index is 0.186. The zero-order valence-corrected chi connectivity index (χ0v) is 18.5. The monoisotopic (exact) mass is 462 g/mol. The predicted molar refractivity (Wildman–Crippen MR) is 118 cm³/mol. The van der Waals surface area contributed by atoms with Crippen LogP contribution in [-0.2, 0) is 22.7 Å². The topological polar surface area (TPSA) is 111 Å². The molecule has 2 aliphatic heterocycles. The molecule has 4 rings (SSSR count). The minimum Gasteiger partial charge on any atom is -0.361 e. The second kappa shape index (κ2) is 8.96. The van der Waals surface area contributed by atoms with Crippen LogP contribution in [0.1, 0.15) is 45.6 Å². The smallest absolute Gasteiger partial charge is 0.265 e. The molecule has 2 unspecified atom stereocenters. The van der Waals surface area contributed by atoms with Crippen molar-refractivity contribution in [3.8, 4) is 0 Å². The van der Waals surface area contributed by atoms with E-state index in [0.29, 0.717) is 41.5 Å². The number of anilines is 1. The first-order valence-electron chi connectivity index (χ1n) is 10.0. The van der Waals surface area contributed by atoms with Crippen molar-refractivity contribution in [3.05, 3.63) is 50.2 Å². The molecule has 8 nitrogen and oxygen atoms in total. The zero-order chi connectivity index (χ0) is 22.1. The molecule has 0 aliphatic carbocycles. The van der Waals surface area contributed by atoms with E-state index in [1.807, 2.05) is 24.4 Å². The molecule has 1 aromatic heterocycles. The molecule has 1 aromatic carbocycles. The fourth-order valence-electron chi connectivity index (χ4n) is 3.81. The number of halogens is 1. The van der Waals surface area contributed by atoms with Gasteiger partial charge in [-0.2, -0.15) is 0 Å². The Morgan fingerprint density at radius 3 is 2.94 bits per heavy atom. The standard InChI is InChI=1S/C21H23ClN4O4S/c1-11-5-6-13(7-15(11)22)24-21(30)23-8-12-10-31-18-14(12)9-26(20(18)29)16-3-2-4-17(27)25-19(16)28/h5-7,10,16,21,23-24,30H,2-4,8-9H2,1H3,(H,25,27,28). The second-order valence-electron chi connectivity index (χ2n) is 7.71. The second-order valence-corrected chi connectivity index (χ2v) is 9.00. The van der Waals surface area contributed by atoms with Crippen molar-refractivity contribution in [2.75, 3.05) is 5.32 Å². The highest BCUT2D eigenvalue weighted by Crippen LogP contribution is 2.34. The molecule has 4 N–H and O–H groups in total. The molecule has 0 saturated carbocycles. The maximum Gasteiger partial charge on any atom is 0.265 e. The van der Waals surface area contributed by atoms with Gasteiger partial charge in [-0.15, -0.1) is 11.3 Å². The summed E-state index contributed by atoms with van der Waals surface area (Å²) in [6.07, 6.45) is 0.308. The summed E-state index contributed by atoms with van der Waals surface area (Å²) in [5.41, 5.74) is 3.38. The van der Waals surface area contributed by atoms with E-state index in [1.54, 1.807) is 11.0 Å². The third-order valence-corrected chi connectivity index (χ3v) is 7.01. The number of nitrogens with zero attached hydrogens (tertiary/aromatic N) is 1. The number of hydrogen-bond acceptors (Lipinski definition) is 7. The lowest BCUT2D eigenvalue weighted by molar-refractivity contribution is -0.132. The molecule has 31 heavy (non-hydrogen) atoms. The number of carbonyl (C=O) groups excluding carboxylic acids is 3. The Balaban J connectivity index is 1.39. The number of rotatable bonds is 6. The first-order chi connectivity index (χ1) is 14.8. The maximum atomic E-state index is 12.9. The van der Waals surface area contributed by atoms with Gasteiger partial charge in [0, 0.05) is 30.2 Å². The molecule has 10 heteroatoms. The summed E-state index contributed by atoms with van der Waals surface area (Å²) in [7, 11) is 0. The van der Waals surface area contributed by atoms with Gasteiger partial charge in [0.15, 0.2) is 6.35 Å². The highest BCUT2D eigenvalue weighted by atomic mass is 35.5. The van der Waals surface area contributed by atoms with Gasteiger partial charge in [-0.05, 0) is 54.0 Å². The summed E-state index contributed by atoms with van der Waals surface area (Å²) >= 11 is 7.45. The van der Waals surface area contributed by atoms with Crippen molar-refractivity contribution >= 4 is 46.3 Å². The first-order valence-corrected chi connectivity index (χ1v) is 11.3. The fourth-order valence-corrected chi connectivity index (χ4v) is 5.03. The summed E-state index contributed by atoms with van der Waals surface area (Å²) in [4.78, 5) is 39.0. The molecule has 1 saturated heterocycles. The SMILES string of the molecule is Cc1ccc(NC(O)NCc2csc3c2CN(C2CCCC(=O)NC2=O)C3=O)cc1Cl. The highest BCUT2D eigenvalue weighted by Gasteiger charge is 2.39. The van der Waals surface area contributed by atoms with Gasteiger partial charge in [0.1, 0.15) is 6.04 Å². The maximum absolute atomic E-state index is 12.9. The third kappa shape index (κ3) is 4.59. The van der Waals surface area contributed by atoms with Gasteiger partial charge in [-0.1, -0.05) is 17.7 Å². The van der Waals surface area contributed by atoms with E-state index >= 15 is 0 Å². The summed E-state index contributed by atoms with van der Waals surface area (Å²) in [5.74, 6) is -0.897. The Labute approximate surface area is 188 Å². The summed E-state index contributed by atoms with van der Waals surface area (Å²) in [6.45, 7) is 2.56. The summed E-state index contributed by atoms with van der Waals surface area (Å²) in [5, 5.41) is 21.1. The summed E-state index contributed by atoms with van der Waals surface area (Å²) < 4.78 is 0. The number of hydrogen-bond donors (Lipinski definition) is 4. The van der Waals surface area contributed by atoms with Crippen molar-refractivity contribution in [1.82, 2.24) is 15.5 Å². The zero-order valence-electron chi connectivity index (χ0n) is 16.9. The van der Waals surface area contributed by atoms with Crippen LogP contribution in [0.5, 0.6) is 0 Å². The quantitative estimate of drug-likeness (QED) is 0.387. The number of nitrogens with one attached hydrogen (secondary N) is 3. The molecule has 0 radical (unpaired) electrons. The van der Waals surface area contributed by atoms with Gasteiger partial charge < -0.3 is 15.3 Å². The number of amides is 3. The normalized spacial score (nSPS) is 19.8. The average molecular weight is 463 g/mol. The van der Waals surface area contributed by atoms with Crippen LogP contribution in [0.2, 0.25) is 5.02 Å². The number of thiophene rings is 1. The highest BCUT2D eigenvalue weighted by molar-refractivity contribution is 7.12. The Kier molecular flexibility index (Phi) is 6.29. The van der Waals surface area contributed by atoms with Crippen LogP contribution in [0.3, 0.4) is 0 Å². The summed E-state index contributed by atoms with van der Waals surface area (Å²) in [6, 6.07) is 4.79. The predicted octanol–water partition coefficient (Wildman–Crippen LogP) is 2.34. The molecule has 3 heterocycles. The Morgan fingerprint density at radius 1 is 1.35 bits per heavy atom. The van der Waals surface area contributed by atoms with Crippen molar-refractivity contribution in [2.24, 2.45) is 0 Å². The number of benzene rings is 1. The van der Waals surface area contributed by atoms with Crippen LogP contribution in [0.4, 0.5) is 5.69 Å². The third-order valence-electron chi connectivity index (χ3n) is 5.55. The number of aliphatic hydroxyl groups excluding tert-OH is 1. The molecule has 1 fully saturated rings. The lowest BCUT2D eigenvalue weighted by atomic mass is 10.1. The van der Waals surface area contributed by atoms with E-state index in [2.05, 4.69) is 16.0 Å². The Morgan fingerprint density at radius 2 is 2.16 bits per heavy atom. The Hall–Kier alpha value is -2.46. The Bertz CT molecular complexity index is 1040. The van der Waals surface area contributed by atoms with Crippen molar-refractivity contribution < 1.29 is 19.5 Å². The lowest BCUT2D eigenvalue weighted by Crippen LogP contribution is -2.47. The molecule has 3 amide bonds. The van der Waals surface area contributed by atoms with Crippen molar-refractivity contribution in [2.45, 2.75) is 51.7 Å². The van der Waals surface area contributed by atoms with Crippen LogP contribution in [0.25, 0.3) is 0 Å². The molecular formula is C21H23ClN4O4S. The molecule has 0 spiro atoms. The van der Waals surface area contributed by atoms with Crippen LogP contribution < -0.4 is 16.0 Å². The molecular weight excluding hydrogens is 440 g/mol. The number of aryl methyl sites for hydroxylation is 1. The number of carbonyl (C=O) groups is 3. The number of fused-ring (bicyclic) bond motifs is 1. The van der Waals surface area contributed by atoms with Gasteiger partial charge >= 0.3 is 0 Å². The molecule has 0 bridgehead atoms. The van der Waals surface area contributed by atoms with Gasteiger partial charge in [0.05, 0.1) is 4.88 Å². The average Bonchev–Trinajstić information content (AvgIpc) is 3.21. The number of imide groups is 1. The van der Waals surface area contributed by atoms with E-state index in [0.717, 1.165) is 16.7 Å². The van der Waals surface area contributed by atoms with Crippen molar-refractivity contribution in [1.29, 1.82) is 0 Å². The van der Waals surface area contributed by atoms with Crippen LogP contribution in [0, 0.1) is 6.92 Å². The van der Waals surface area contributed by atoms with Crippen molar-refractivity contribution in [3.63, 3.8) is 0 Å². The van der Waals surface area contributed by atoms with E-state index in [1.165, 1.54) is 11.3 Å². The molecule has 164 valence electrons. The van der Waals surface area contributed by atoms with Crippen LogP contribution >= 0.6 is 22.9 Å². The first kappa shape index (κ1) is 21.8. The van der Waals surface area contributed by atoms with E-state index in [-0.39, 0.29) is 18.2 Å². The lowest BCUT2D eigenvalue weighted by Gasteiger charge is -2.25. The van der Waals surface area contributed by atoms with Gasteiger partial charge in [-0.3, -0.25) is 25.0 Å². The number of aliphatic hydroxyl groups is 1. The van der Waals surface area contributed by atoms with E-state index in [9.17, 15) is 19.5 Å². The fraction of sp³-hybridized carbons (Fsp3) is 0.381. The van der Waals surface area contributed by atoms with E-state index < -0.39 is 18.3 Å².